The minimum atomic E-state index is -3.74. The monoisotopic (exact) mass is 497 g/mol. The molecular weight excluding hydrogens is 469 g/mol. The summed E-state index contributed by atoms with van der Waals surface area (Å²) < 4.78 is 46.6. The number of benzene rings is 3. The lowest BCUT2D eigenvalue weighted by molar-refractivity contribution is 0.0909. The Morgan fingerprint density at radius 1 is 1.03 bits per heavy atom. The van der Waals surface area contributed by atoms with Crippen LogP contribution < -0.4 is 14.8 Å². The van der Waals surface area contributed by atoms with E-state index in [-0.39, 0.29) is 28.4 Å². The predicted octanol–water partition coefficient (Wildman–Crippen LogP) is 4.03. The highest BCUT2D eigenvalue weighted by molar-refractivity contribution is 7.92. The summed E-state index contributed by atoms with van der Waals surface area (Å²) in [7, 11) is -2.30. The molecule has 3 aromatic rings. The molecule has 0 aromatic heterocycles. The Bertz CT molecular complexity index is 1280. The number of sulfonamides is 1. The number of nitrogens with one attached hydrogen (secondary N) is 2. The molecule has 184 valence electrons. The number of carbonyl (C=O) groups is 1. The number of hydrogen-bond acceptors (Lipinski definition) is 5. The molecule has 0 saturated carbocycles. The molecule has 0 unspecified atom stereocenters. The molecule has 0 radical (unpaired) electrons. The van der Waals surface area contributed by atoms with Crippen LogP contribution in [-0.2, 0) is 16.6 Å². The van der Waals surface area contributed by atoms with E-state index in [2.05, 4.69) is 14.9 Å². The van der Waals surface area contributed by atoms with Crippen LogP contribution in [0.1, 0.15) is 28.8 Å². The molecule has 0 aliphatic carbocycles. The van der Waals surface area contributed by atoms with Crippen LogP contribution in [0.25, 0.3) is 0 Å². The van der Waals surface area contributed by atoms with Gasteiger partial charge in [-0.15, -0.1) is 0 Å². The quantitative estimate of drug-likeness (QED) is 0.491. The van der Waals surface area contributed by atoms with E-state index < -0.39 is 10.0 Å². The smallest absolute Gasteiger partial charge is 0.261 e. The number of carbonyl (C=O) groups excluding carboxylic acids is 1. The summed E-state index contributed by atoms with van der Waals surface area (Å²) in [6.07, 6.45) is 1.54. The molecule has 1 aliphatic rings. The van der Waals surface area contributed by atoms with Crippen LogP contribution in [0, 0.1) is 5.82 Å². The Morgan fingerprint density at radius 3 is 2.46 bits per heavy atom. The van der Waals surface area contributed by atoms with Gasteiger partial charge in [0.05, 0.1) is 12.0 Å². The van der Waals surface area contributed by atoms with Gasteiger partial charge in [0.1, 0.15) is 0 Å². The van der Waals surface area contributed by atoms with E-state index in [1.807, 2.05) is 6.07 Å². The van der Waals surface area contributed by atoms with Crippen molar-refractivity contribution < 1.29 is 22.3 Å². The first-order valence-electron chi connectivity index (χ1n) is 11.4. The highest BCUT2D eigenvalue weighted by Gasteiger charge is 2.22. The van der Waals surface area contributed by atoms with Gasteiger partial charge in [-0.05, 0) is 60.9 Å². The molecule has 9 heteroatoms. The number of ether oxygens (including phenoxy) is 1. The van der Waals surface area contributed by atoms with E-state index in [9.17, 15) is 17.6 Å². The second-order valence-electron chi connectivity index (χ2n) is 8.49. The third kappa shape index (κ3) is 6.37. The number of anilines is 1. The normalized spacial score (nSPS) is 14.9. The number of piperidine rings is 1. The zero-order chi connectivity index (χ0) is 24.8. The Kier molecular flexibility index (Phi) is 7.67. The lowest BCUT2D eigenvalue weighted by atomic mass is 10.0. The Hall–Kier alpha value is -3.43. The molecule has 1 heterocycles. The molecule has 4 rings (SSSR count). The summed E-state index contributed by atoms with van der Waals surface area (Å²) in [4.78, 5) is 15.2. The molecule has 1 saturated heterocycles. The lowest BCUT2D eigenvalue weighted by Gasteiger charge is -2.32. The molecule has 35 heavy (non-hydrogen) atoms. The first-order valence-corrected chi connectivity index (χ1v) is 12.9. The van der Waals surface area contributed by atoms with Gasteiger partial charge in [-0.25, -0.2) is 12.8 Å². The van der Waals surface area contributed by atoms with E-state index in [1.54, 1.807) is 42.5 Å². The van der Waals surface area contributed by atoms with Crippen LogP contribution >= 0.6 is 0 Å². The number of hydrogen-bond donors (Lipinski definition) is 2. The van der Waals surface area contributed by atoms with Crippen molar-refractivity contribution >= 4 is 21.6 Å². The van der Waals surface area contributed by atoms with Crippen molar-refractivity contribution in [2.75, 3.05) is 24.9 Å². The van der Waals surface area contributed by atoms with E-state index in [1.165, 1.54) is 31.4 Å². The van der Waals surface area contributed by atoms with Gasteiger partial charge >= 0.3 is 0 Å². The molecular formula is C26H28FN3O4S. The lowest BCUT2D eigenvalue weighted by Crippen LogP contribution is -2.44. The van der Waals surface area contributed by atoms with Gasteiger partial charge in [0, 0.05) is 36.9 Å². The number of likely N-dealkylation sites (tertiary alicyclic amines) is 1. The number of amides is 1. The minimum Gasteiger partial charge on any atom is -0.494 e. The summed E-state index contributed by atoms with van der Waals surface area (Å²) in [6.45, 7) is 2.18. The summed E-state index contributed by atoms with van der Waals surface area (Å²) in [5.41, 5.74) is 1.58. The molecule has 1 amide bonds. The van der Waals surface area contributed by atoms with E-state index in [0.29, 0.717) is 17.8 Å². The van der Waals surface area contributed by atoms with Crippen LogP contribution in [0.2, 0.25) is 0 Å². The zero-order valence-corrected chi connectivity index (χ0v) is 20.2. The maximum atomic E-state index is 13.9. The number of rotatable bonds is 8. The predicted molar refractivity (Wildman–Crippen MR) is 132 cm³/mol. The van der Waals surface area contributed by atoms with Gasteiger partial charge in [0.25, 0.3) is 15.9 Å². The Morgan fingerprint density at radius 2 is 1.77 bits per heavy atom. The minimum absolute atomic E-state index is 0.0102. The molecule has 2 N–H and O–H groups in total. The van der Waals surface area contributed by atoms with Gasteiger partial charge in [0.15, 0.2) is 11.6 Å². The molecule has 7 nitrogen and oxygen atoms in total. The first kappa shape index (κ1) is 24.7. The van der Waals surface area contributed by atoms with Crippen LogP contribution in [0.15, 0.2) is 77.7 Å². The van der Waals surface area contributed by atoms with Crippen molar-refractivity contribution in [1.82, 2.24) is 10.2 Å². The fourth-order valence-electron chi connectivity index (χ4n) is 4.11. The summed E-state index contributed by atoms with van der Waals surface area (Å²) in [5.74, 6) is -0.394. The third-order valence-corrected chi connectivity index (χ3v) is 7.37. The van der Waals surface area contributed by atoms with Crippen molar-refractivity contribution in [3.8, 4) is 5.75 Å². The summed E-state index contributed by atoms with van der Waals surface area (Å²) in [5, 5.41) is 3.05. The summed E-state index contributed by atoms with van der Waals surface area (Å²) >= 11 is 0. The van der Waals surface area contributed by atoms with E-state index in [0.717, 1.165) is 31.5 Å². The summed E-state index contributed by atoms with van der Waals surface area (Å²) in [6, 6.07) is 19.5. The molecule has 1 fully saturated rings. The van der Waals surface area contributed by atoms with Gasteiger partial charge in [-0.3, -0.25) is 14.4 Å². The first-order chi connectivity index (χ1) is 16.8. The number of nitrogens with zero attached hydrogens (tertiary/aromatic N) is 1. The maximum absolute atomic E-state index is 13.9. The van der Waals surface area contributed by atoms with E-state index >= 15 is 0 Å². The fraction of sp³-hybridized carbons (Fsp3) is 0.269. The Balaban J connectivity index is 1.31. The molecule has 3 aromatic carbocycles. The van der Waals surface area contributed by atoms with Gasteiger partial charge < -0.3 is 10.1 Å². The third-order valence-electron chi connectivity index (χ3n) is 5.98. The van der Waals surface area contributed by atoms with Crippen molar-refractivity contribution in [2.45, 2.75) is 30.3 Å². The highest BCUT2D eigenvalue weighted by atomic mass is 32.2. The second kappa shape index (κ2) is 10.9. The standard InChI is InChI=1S/C26H28FN3O4S/c1-34-25-11-10-19(16-24(25)27)18-30-14-12-21(13-15-30)28-26(31)20-6-5-7-22(17-20)29-35(32,33)23-8-3-2-4-9-23/h2-11,16-17,21,29H,12-15,18H2,1H3,(H,28,31). The van der Waals surface area contributed by atoms with Gasteiger partial charge in [-0.2, -0.15) is 0 Å². The average Bonchev–Trinajstić information content (AvgIpc) is 2.86. The molecule has 1 aliphatic heterocycles. The number of halogens is 1. The average molecular weight is 498 g/mol. The highest BCUT2D eigenvalue weighted by Crippen LogP contribution is 2.21. The van der Waals surface area contributed by atoms with Gasteiger partial charge in [0.2, 0.25) is 0 Å². The van der Waals surface area contributed by atoms with Crippen LogP contribution in [-0.4, -0.2) is 45.5 Å². The molecule has 0 bridgehead atoms. The van der Waals surface area contributed by atoms with Crippen molar-refractivity contribution in [2.24, 2.45) is 0 Å². The molecule has 0 atom stereocenters. The fourth-order valence-corrected chi connectivity index (χ4v) is 5.18. The van der Waals surface area contributed by atoms with Crippen molar-refractivity contribution in [3.05, 3.63) is 89.7 Å². The molecule has 0 spiro atoms. The van der Waals surface area contributed by atoms with Gasteiger partial charge in [-0.1, -0.05) is 30.3 Å². The Labute approximate surface area is 205 Å². The van der Waals surface area contributed by atoms with E-state index in [4.69, 9.17) is 4.74 Å². The van der Waals surface area contributed by atoms with Crippen LogP contribution in [0.4, 0.5) is 10.1 Å². The number of methoxy groups -OCH3 is 1. The largest absolute Gasteiger partial charge is 0.494 e. The van der Waals surface area contributed by atoms with Crippen molar-refractivity contribution in [3.63, 3.8) is 0 Å². The SMILES string of the molecule is COc1ccc(CN2CCC(NC(=O)c3cccc(NS(=O)(=O)c4ccccc4)c3)CC2)cc1F. The zero-order valence-electron chi connectivity index (χ0n) is 19.4. The van der Waals surface area contributed by atoms with Crippen LogP contribution in [0.5, 0.6) is 5.75 Å². The van der Waals surface area contributed by atoms with Crippen LogP contribution in [0.3, 0.4) is 0 Å². The topological polar surface area (TPSA) is 87.7 Å². The second-order valence-corrected chi connectivity index (χ2v) is 10.2. The maximum Gasteiger partial charge on any atom is 0.261 e. The van der Waals surface area contributed by atoms with Crippen molar-refractivity contribution in [1.29, 1.82) is 0 Å².